The number of nitrogens with one attached hydrogen (secondary N) is 1. The second kappa shape index (κ2) is 7.46. The van der Waals surface area contributed by atoms with Crippen LogP contribution in [-0.2, 0) is 20.0 Å². The van der Waals surface area contributed by atoms with Gasteiger partial charge in [0.25, 0.3) is 15.9 Å². The molecule has 1 saturated heterocycles. The third-order valence-corrected chi connectivity index (χ3v) is 7.57. The van der Waals surface area contributed by atoms with E-state index in [9.17, 15) is 26.4 Å². The van der Waals surface area contributed by atoms with Gasteiger partial charge < -0.3 is 0 Å². The molecule has 0 aromatic heterocycles. The Bertz CT molecular complexity index is 1130. The van der Waals surface area contributed by atoms with Crippen molar-refractivity contribution >= 4 is 31.7 Å². The fourth-order valence-electron chi connectivity index (χ4n) is 2.57. The summed E-state index contributed by atoms with van der Waals surface area (Å²) in [7, 11) is -8.04. The lowest BCUT2D eigenvalue weighted by Gasteiger charge is -2.29. The number of hydrogen-bond donors (Lipinski definition) is 1. The van der Waals surface area contributed by atoms with Crippen molar-refractivity contribution < 1.29 is 26.4 Å². The molecule has 1 amide bonds. The maximum atomic E-state index is 12.5. The summed E-state index contributed by atoms with van der Waals surface area (Å²) in [6.45, 7) is 2.17. The van der Waals surface area contributed by atoms with Gasteiger partial charge in [-0.2, -0.15) is 4.31 Å². The van der Waals surface area contributed by atoms with Crippen molar-refractivity contribution in [2.75, 3.05) is 13.1 Å². The first-order chi connectivity index (χ1) is 13.1. The standard InChI is InChI=1S/C18H18N2O6S2/c1-13(21)14-6-8-15(9-7-14)18(22)19-27(23,24)16-4-2-5-17(12-16)28(25,26)20-10-3-11-20/h2,4-9,12H,3,10-11H2,1H3,(H,19,22). The van der Waals surface area contributed by atoms with E-state index in [1.54, 1.807) is 0 Å². The number of sulfonamides is 2. The van der Waals surface area contributed by atoms with Crippen LogP contribution in [0.4, 0.5) is 0 Å². The summed E-state index contributed by atoms with van der Waals surface area (Å²) in [5.41, 5.74) is 0.446. The van der Waals surface area contributed by atoms with E-state index in [2.05, 4.69) is 0 Å². The molecule has 0 bridgehead atoms. The fourth-order valence-corrected chi connectivity index (χ4v) is 5.23. The lowest BCUT2D eigenvalue weighted by Crippen LogP contribution is -2.42. The summed E-state index contributed by atoms with van der Waals surface area (Å²) in [5, 5.41) is 0. The van der Waals surface area contributed by atoms with Crippen molar-refractivity contribution in [2.45, 2.75) is 23.1 Å². The van der Waals surface area contributed by atoms with Crippen LogP contribution in [0.2, 0.25) is 0 Å². The maximum absolute atomic E-state index is 12.5. The number of benzene rings is 2. The highest BCUT2D eigenvalue weighted by Gasteiger charge is 2.30. The van der Waals surface area contributed by atoms with Gasteiger partial charge in [0.2, 0.25) is 10.0 Å². The van der Waals surface area contributed by atoms with Crippen LogP contribution in [0.1, 0.15) is 34.1 Å². The van der Waals surface area contributed by atoms with Gasteiger partial charge in [-0.1, -0.05) is 18.2 Å². The first-order valence-electron chi connectivity index (χ1n) is 8.40. The van der Waals surface area contributed by atoms with Gasteiger partial charge in [-0.3, -0.25) is 9.59 Å². The van der Waals surface area contributed by atoms with Crippen LogP contribution in [-0.4, -0.2) is 45.9 Å². The molecule has 0 saturated carbocycles. The zero-order valence-electron chi connectivity index (χ0n) is 15.0. The first kappa shape index (κ1) is 20.2. The van der Waals surface area contributed by atoms with E-state index in [0.717, 1.165) is 12.5 Å². The van der Waals surface area contributed by atoms with Crippen molar-refractivity contribution in [3.8, 4) is 0 Å². The highest BCUT2D eigenvalue weighted by Crippen LogP contribution is 2.23. The van der Waals surface area contributed by atoms with E-state index in [4.69, 9.17) is 0 Å². The van der Waals surface area contributed by atoms with Crippen molar-refractivity contribution in [3.63, 3.8) is 0 Å². The van der Waals surface area contributed by atoms with E-state index in [1.807, 2.05) is 4.72 Å². The van der Waals surface area contributed by atoms with Crippen LogP contribution >= 0.6 is 0 Å². The molecule has 1 fully saturated rings. The van der Waals surface area contributed by atoms with Crippen molar-refractivity contribution in [1.82, 2.24) is 9.03 Å². The minimum atomic E-state index is -4.28. The summed E-state index contributed by atoms with van der Waals surface area (Å²) in [5.74, 6) is -1.06. The quantitative estimate of drug-likeness (QED) is 0.703. The van der Waals surface area contributed by atoms with E-state index in [1.165, 1.54) is 53.7 Å². The third-order valence-electron chi connectivity index (χ3n) is 4.35. The topological polar surface area (TPSA) is 118 Å². The number of nitrogens with zero attached hydrogens (tertiary/aromatic N) is 1. The Balaban J connectivity index is 1.83. The SMILES string of the molecule is CC(=O)c1ccc(C(=O)NS(=O)(=O)c2cccc(S(=O)(=O)N3CCC3)c2)cc1. The van der Waals surface area contributed by atoms with E-state index in [0.29, 0.717) is 18.7 Å². The van der Waals surface area contributed by atoms with Gasteiger partial charge in [0.15, 0.2) is 5.78 Å². The van der Waals surface area contributed by atoms with Gasteiger partial charge in [0.1, 0.15) is 0 Å². The summed E-state index contributed by atoms with van der Waals surface area (Å²) < 4.78 is 53.1. The average molecular weight is 422 g/mol. The zero-order chi connectivity index (χ0) is 20.5. The molecule has 2 aromatic carbocycles. The van der Waals surface area contributed by atoms with Gasteiger partial charge >= 0.3 is 0 Å². The van der Waals surface area contributed by atoms with Crippen molar-refractivity contribution in [3.05, 3.63) is 59.7 Å². The molecule has 148 valence electrons. The number of amides is 1. The van der Waals surface area contributed by atoms with E-state index >= 15 is 0 Å². The Hall–Kier alpha value is -2.56. The minimum Gasteiger partial charge on any atom is -0.295 e. The highest BCUT2D eigenvalue weighted by atomic mass is 32.2. The normalized spacial score (nSPS) is 14.9. The Labute approximate surface area is 163 Å². The Morgan fingerprint density at radius 3 is 2.00 bits per heavy atom. The number of rotatable bonds is 6. The summed E-state index contributed by atoms with van der Waals surface area (Å²) in [4.78, 5) is 23.1. The molecule has 0 radical (unpaired) electrons. The van der Waals surface area contributed by atoms with Gasteiger partial charge in [-0.15, -0.1) is 0 Å². The minimum absolute atomic E-state index is 0.0536. The number of hydrogen-bond acceptors (Lipinski definition) is 6. The Morgan fingerprint density at radius 2 is 1.46 bits per heavy atom. The largest absolute Gasteiger partial charge is 0.295 e. The van der Waals surface area contributed by atoms with E-state index in [-0.39, 0.29) is 21.1 Å². The molecule has 0 atom stereocenters. The van der Waals surface area contributed by atoms with Gasteiger partial charge in [-0.25, -0.2) is 21.6 Å². The van der Waals surface area contributed by atoms with Crippen LogP contribution < -0.4 is 4.72 Å². The molecule has 28 heavy (non-hydrogen) atoms. The summed E-state index contributed by atoms with van der Waals surface area (Å²) in [6, 6.07) is 10.4. The Kier molecular flexibility index (Phi) is 5.37. The molecule has 2 aromatic rings. The molecule has 1 N–H and O–H groups in total. The second-order valence-electron chi connectivity index (χ2n) is 6.30. The fraction of sp³-hybridized carbons (Fsp3) is 0.222. The van der Waals surface area contributed by atoms with Gasteiger partial charge in [0, 0.05) is 24.2 Å². The average Bonchev–Trinajstić information content (AvgIpc) is 2.59. The van der Waals surface area contributed by atoms with Crippen LogP contribution in [0.5, 0.6) is 0 Å². The third kappa shape index (κ3) is 3.98. The molecular formula is C18H18N2O6S2. The molecule has 0 aliphatic carbocycles. The lowest BCUT2D eigenvalue weighted by molar-refractivity contribution is 0.0977. The van der Waals surface area contributed by atoms with Crippen LogP contribution in [0.15, 0.2) is 58.3 Å². The van der Waals surface area contributed by atoms with Crippen LogP contribution in [0, 0.1) is 0 Å². The molecule has 3 rings (SSSR count). The van der Waals surface area contributed by atoms with Crippen LogP contribution in [0.3, 0.4) is 0 Å². The molecule has 0 spiro atoms. The predicted octanol–water partition coefficient (Wildman–Crippen LogP) is 1.40. The number of carbonyl (C=O) groups is 2. The monoisotopic (exact) mass is 422 g/mol. The summed E-state index contributed by atoms with van der Waals surface area (Å²) >= 11 is 0. The Morgan fingerprint density at radius 1 is 0.893 bits per heavy atom. The number of Topliss-reactive ketones (excluding diaryl/α,β-unsaturated/α-hetero) is 1. The zero-order valence-corrected chi connectivity index (χ0v) is 16.6. The van der Waals surface area contributed by atoms with Gasteiger partial charge in [0.05, 0.1) is 9.79 Å². The van der Waals surface area contributed by atoms with Crippen molar-refractivity contribution in [2.24, 2.45) is 0 Å². The van der Waals surface area contributed by atoms with Crippen LogP contribution in [0.25, 0.3) is 0 Å². The molecule has 1 heterocycles. The molecule has 0 unspecified atom stereocenters. The molecule has 8 nitrogen and oxygen atoms in total. The number of ketones is 1. The van der Waals surface area contributed by atoms with E-state index < -0.39 is 26.0 Å². The predicted molar refractivity (Wildman–Crippen MR) is 101 cm³/mol. The van der Waals surface area contributed by atoms with Gasteiger partial charge in [-0.05, 0) is 43.7 Å². The lowest BCUT2D eigenvalue weighted by atomic mass is 10.1. The maximum Gasteiger partial charge on any atom is 0.264 e. The van der Waals surface area contributed by atoms with Crippen molar-refractivity contribution in [1.29, 1.82) is 0 Å². The molecule has 1 aliphatic rings. The smallest absolute Gasteiger partial charge is 0.264 e. The molecular weight excluding hydrogens is 404 g/mol. The first-order valence-corrected chi connectivity index (χ1v) is 11.3. The highest BCUT2D eigenvalue weighted by molar-refractivity contribution is 7.90. The molecule has 1 aliphatic heterocycles. The summed E-state index contributed by atoms with van der Waals surface area (Å²) in [6.07, 6.45) is 0.760. The molecule has 10 heteroatoms. The number of carbonyl (C=O) groups excluding carboxylic acids is 2. The second-order valence-corrected chi connectivity index (χ2v) is 9.92.